The molecular weight excluding hydrogens is 257 g/mol. The lowest BCUT2D eigenvalue weighted by atomic mass is 10.2. The van der Waals surface area contributed by atoms with Gasteiger partial charge in [-0.3, -0.25) is 0 Å². The number of ether oxygens (including phenoxy) is 1. The number of carbonyl (C=O) groups is 1. The van der Waals surface area contributed by atoms with Crippen LogP contribution in [0.3, 0.4) is 0 Å². The summed E-state index contributed by atoms with van der Waals surface area (Å²) < 4.78 is 40.8. The third kappa shape index (κ3) is 2.33. The minimum Gasteiger partial charge on any atom is -0.477 e. The zero-order chi connectivity index (χ0) is 12.6. The molecule has 90 valence electrons. The summed E-state index contributed by atoms with van der Waals surface area (Å²) >= 11 is 0.748. The number of carboxylic acid groups (broad SMARTS) is 1. The van der Waals surface area contributed by atoms with Crippen LogP contribution in [0.2, 0.25) is 0 Å². The van der Waals surface area contributed by atoms with Gasteiger partial charge in [0, 0.05) is 10.1 Å². The quantitative estimate of drug-likeness (QED) is 0.901. The molecule has 2 rings (SSSR count). The summed E-state index contributed by atoms with van der Waals surface area (Å²) in [6.07, 6.45) is -4.91. The molecule has 0 saturated heterocycles. The Hall–Kier alpha value is -1.76. The first-order chi connectivity index (χ1) is 7.88. The van der Waals surface area contributed by atoms with E-state index in [4.69, 9.17) is 5.11 Å². The van der Waals surface area contributed by atoms with E-state index in [0.29, 0.717) is 4.70 Å². The lowest BCUT2D eigenvalue weighted by Gasteiger charge is -2.08. The van der Waals surface area contributed by atoms with Gasteiger partial charge in [0.2, 0.25) is 0 Å². The second kappa shape index (κ2) is 3.92. The summed E-state index contributed by atoms with van der Waals surface area (Å²) in [5.41, 5.74) is 0. The number of hydrogen-bond donors (Lipinski definition) is 1. The molecule has 0 radical (unpaired) electrons. The number of thiophene rings is 1. The van der Waals surface area contributed by atoms with Gasteiger partial charge in [0.25, 0.3) is 0 Å². The molecule has 1 aromatic heterocycles. The molecule has 1 heterocycles. The Morgan fingerprint density at radius 2 is 1.94 bits per heavy atom. The first-order valence-electron chi connectivity index (χ1n) is 4.39. The molecule has 1 aromatic carbocycles. The predicted octanol–water partition coefficient (Wildman–Crippen LogP) is 3.50. The Morgan fingerprint density at radius 3 is 2.53 bits per heavy atom. The molecule has 0 bridgehead atoms. The number of carboxylic acids is 1. The van der Waals surface area contributed by atoms with Crippen LogP contribution >= 0.6 is 11.3 Å². The Bertz CT molecular complexity index is 574. The molecule has 17 heavy (non-hydrogen) atoms. The van der Waals surface area contributed by atoms with E-state index in [2.05, 4.69) is 4.74 Å². The standard InChI is InChI=1S/C10H5F3O3S/c11-10(12,13)16-7-5-3-1-2-4-6(5)17-8(7)9(14)15/h1-4H,(H,14,15). The van der Waals surface area contributed by atoms with Crippen LogP contribution < -0.4 is 4.74 Å². The second-order valence-corrected chi connectivity index (χ2v) is 4.16. The number of hydrogen-bond acceptors (Lipinski definition) is 3. The molecular formula is C10H5F3O3S. The number of aromatic carboxylic acids is 1. The number of benzene rings is 1. The van der Waals surface area contributed by atoms with Gasteiger partial charge in [-0.05, 0) is 12.1 Å². The fraction of sp³-hybridized carbons (Fsp3) is 0.100. The highest BCUT2D eigenvalue weighted by Crippen LogP contribution is 2.40. The molecule has 7 heteroatoms. The maximum atomic E-state index is 12.2. The topological polar surface area (TPSA) is 46.5 Å². The van der Waals surface area contributed by atoms with Crippen molar-refractivity contribution in [1.82, 2.24) is 0 Å². The van der Waals surface area contributed by atoms with Gasteiger partial charge >= 0.3 is 12.3 Å². The number of alkyl halides is 3. The van der Waals surface area contributed by atoms with Gasteiger partial charge in [-0.15, -0.1) is 24.5 Å². The van der Waals surface area contributed by atoms with E-state index >= 15 is 0 Å². The van der Waals surface area contributed by atoms with Crippen LogP contribution in [0.1, 0.15) is 9.67 Å². The molecule has 1 N–H and O–H groups in total. The van der Waals surface area contributed by atoms with Gasteiger partial charge in [-0.25, -0.2) is 4.79 Å². The van der Waals surface area contributed by atoms with Crippen molar-refractivity contribution in [3.8, 4) is 5.75 Å². The van der Waals surface area contributed by atoms with Crippen molar-refractivity contribution in [2.45, 2.75) is 6.36 Å². The number of halogens is 3. The maximum Gasteiger partial charge on any atom is 0.573 e. The lowest BCUT2D eigenvalue weighted by Crippen LogP contribution is -2.18. The Balaban J connectivity index is 2.64. The average Bonchev–Trinajstić information content (AvgIpc) is 2.55. The fourth-order valence-electron chi connectivity index (χ4n) is 1.38. The largest absolute Gasteiger partial charge is 0.573 e. The predicted molar refractivity (Wildman–Crippen MR) is 55.5 cm³/mol. The van der Waals surface area contributed by atoms with Gasteiger partial charge in [0.05, 0.1) is 0 Å². The van der Waals surface area contributed by atoms with E-state index in [1.165, 1.54) is 18.2 Å². The minimum absolute atomic E-state index is 0.146. The molecule has 0 saturated carbocycles. The first kappa shape index (κ1) is 11.7. The van der Waals surface area contributed by atoms with Crippen LogP contribution in [-0.4, -0.2) is 17.4 Å². The van der Waals surface area contributed by atoms with Gasteiger partial charge in [-0.1, -0.05) is 12.1 Å². The molecule has 0 fully saturated rings. The van der Waals surface area contributed by atoms with Crippen molar-refractivity contribution in [2.24, 2.45) is 0 Å². The Morgan fingerprint density at radius 1 is 1.29 bits per heavy atom. The molecule has 0 atom stereocenters. The normalized spacial score (nSPS) is 11.7. The fourth-order valence-corrected chi connectivity index (χ4v) is 2.35. The van der Waals surface area contributed by atoms with Crippen LogP contribution in [0, 0.1) is 0 Å². The molecule has 0 unspecified atom stereocenters. The zero-order valence-corrected chi connectivity index (χ0v) is 8.93. The van der Waals surface area contributed by atoms with Crippen molar-refractivity contribution >= 4 is 27.4 Å². The van der Waals surface area contributed by atoms with Gasteiger partial charge in [0.1, 0.15) is 0 Å². The van der Waals surface area contributed by atoms with Crippen molar-refractivity contribution < 1.29 is 27.8 Å². The summed E-state index contributed by atoms with van der Waals surface area (Å²) in [6, 6.07) is 6.06. The second-order valence-electron chi connectivity index (χ2n) is 3.11. The number of rotatable bonds is 2. The Labute approximate surface area is 97.0 Å². The summed E-state index contributed by atoms with van der Waals surface area (Å²) in [4.78, 5) is 10.4. The highest BCUT2D eigenvalue weighted by atomic mass is 32.1. The molecule has 0 amide bonds. The van der Waals surface area contributed by atoms with Gasteiger partial charge in [0.15, 0.2) is 10.6 Å². The van der Waals surface area contributed by atoms with Crippen LogP contribution in [-0.2, 0) is 0 Å². The number of fused-ring (bicyclic) bond motifs is 1. The van der Waals surface area contributed by atoms with Crippen LogP contribution in [0.5, 0.6) is 5.75 Å². The maximum absolute atomic E-state index is 12.2. The highest BCUT2D eigenvalue weighted by Gasteiger charge is 2.35. The van der Waals surface area contributed by atoms with Crippen LogP contribution in [0.15, 0.2) is 24.3 Å². The lowest BCUT2D eigenvalue weighted by molar-refractivity contribution is -0.274. The first-order valence-corrected chi connectivity index (χ1v) is 5.21. The van der Waals surface area contributed by atoms with E-state index < -0.39 is 23.0 Å². The van der Waals surface area contributed by atoms with Gasteiger partial charge < -0.3 is 9.84 Å². The summed E-state index contributed by atoms with van der Waals surface area (Å²) in [5, 5.41) is 8.97. The molecule has 3 nitrogen and oxygen atoms in total. The van der Waals surface area contributed by atoms with Crippen molar-refractivity contribution in [2.75, 3.05) is 0 Å². The van der Waals surface area contributed by atoms with Gasteiger partial charge in [-0.2, -0.15) is 0 Å². The van der Waals surface area contributed by atoms with E-state index in [1.54, 1.807) is 6.07 Å². The van der Waals surface area contributed by atoms with Crippen LogP contribution in [0.4, 0.5) is 13.2 Å². The minimum atomic E-state index is -4.91. The molecule has 0 aliphatic rings. The van der Waals surface area contributed by atoms with E-state index in [-0.39, 0.29) is 5.39 Å². The van der Waals surface area contributed by atoms with E-state index in [0.717, 1.165) is 11.3 Å². The SMILES string of the molecule is O=C(O)c1sc2ccccc2c1OC(F)(F)F. The van der Waals surface area contributed by atoms with Crippen molar-refractivity contribution in [3.63, 3.8) is 0 Å². The summed E-state index contributed by atoms with van der Waals surface area (Å²) in [7, 11) is 0. The average molecular weight is 262 g/mol. The molecule has 2 aromatic rings. The molecule has 0 aliphatic carbocycles. The zero-order valence-electron chi connectivity index (χ0n) is 8.12. The third-order valence-electron chi connectivity index (χ3n) is 1.96. The smallest absolute Gasteiger partial charge is 0.477 e. The summed E-state index contributed by atoms with van der Waals surface area (Å²) in [6.45, 7) is 0. The van der Waals surface area contributed by atoms with Crippen LogP contribution in [0.25, 0.3) is 10.1 Å². The summed E-state index contributed by atoms with van der Waals surface area (Å²) in [5.74, 6) is -2.09. The molecule has 0 spiro atoms. The van der Waals surface area contributed by atoms with Crippen molar-refractivity contribution in [3.05, 3.63) is 29.1 Å². The Kier molecular flexibility index (Phi) is 2.70. The highest BCUT2D eigenvalue weighted by molar-refractivity contribution is 7.21. The molecule has 0 aliphatic heterocycles. The monoisotopic (exact) mass is 262 g/mol. The van der Waals surface area contributed by atoms with Crippen molar-refractivity contribution in [1.29, 1.82) is 0 Å². The van der Waals surface area contributed by atoms with E-state index in [9.17, 15) is 18.0 Å². The third-order valence-corrected chi connectivity index (χ3v) is 3.10. The van der Waals surface area contributed by atoms with E-state index in [1.807, 2.05) is 0 Å².